The van der Waals surface area contributed by atoms with Gasteiger partial charge in [0.25, 0.3) is 0 Å². The first-order chi connectivity index (χ1) is 9.41. The van der Waals surface area contributed by atoms with E-state index in [0.717, 1.165) is 22.3 Å². The molecule has 112 valence electrons. The van der Waals surface area contributed by atoms with Crippen LogP contribution >= 0.6 is 15.9 Å². The van der Waals surface area contributed by atoms with Gasteiger partial charge in [-0.25, -0.2) is 0 Å². The molecule has 1 aromatic carbocycles. The first kappa shape index (κ1) is 15.6. The molecule has 0 aliphatic carbocycles. The SMILES string of the molecule is CNCc1ccc(N2CCCC(C(F)(F)F)C2)cc1Br. The van der Waals surface area contributed by atoms with Gasteiger partial charge in [0, 0.05) is 29.8 Å². The summed E-state index contributed by atoms with van der Waals surface area (Å²) in [5, 5.41) is 3.06. The highest BCUT2D eigenvalue weighted by atomic mass is 79.9. The van der Waals surface area contributed by atoms with Crippen LogP contribution in [0.1, 0.15) is 18.4 Å². The van der Waals surface area contributed by atoms with Crippen molar-refractivity contribution < 1.29 is 13.2 Å². The monoisotopic (exact) mass is 350 g/mol. The lowest BCUT2D eigenvalue weighted by atomic mass is 9.97. The van der Waals surface area contributed by atoms with Crippen molar-refractivity contribution in [1.29, 1.82) is 0 Å². The van der Waals surface area contributed by atoms with Crippen molar-refractivity contribution in [2.75, 3.05) is 25.0 Å². The van der Waals surface area contributed by atoms with Crippen LogP contribution in [0.2, 0.25) is 0 Å². The molecule has 1 N–H and O–H groups in total. The number of anilines is 1. The second-order valence-corrected chi connectivity index (χ2v) is 5.99. The first-order valence-corrected chi connectivity index (χ1v) is 7.46. The van der Waals surface area contributed by atoms with Crippen LogP contribution in [0.15, 0.2) is 22.7 Å². The highest BCUT2D eigenvalue weighted by Crippen LogP contribution is 2.35. The lowest BCUT2D eigenvalue weighted by Crippen LogP contribution is -2.41. The van der Waals surface area contributed by atoms with E-state index in [2.05, 4.69) is 21.2 Å². The second kappa shape index (κ2) is 6.35. The molecule has 2 nitrogen and oxygen atoms in total. The Balaban J connectivity index is 2.13. The number of nitrogens with zero attached hydrogens (tertiary/aromatic N) is 1. The fourth-order valence-electron chi connectivity index (χ4n) is 2.55. The Hall–Kier alpha value is -0.750. The van der Waals surface area contributed by atoms with Crippen molar-refractivity contribution >= 4 is 21.6 Å². The van der Waals surface area contributed by atoms with Gasteiger partial charge in [-0.2, -0.15) is 13.2 Å². The maximum atomic E-state index is 12.8. The molecular weight excluding hydrogens is 333 g/mol. The van der Waals surface area contributed by atoms with Crippen LogP contribution in [-0.2, 0) is 6.54 Å². The standard InChI is InChI=1S/C14H18BrF3N2/c1-19-8-10-4-5-12(7-13(10)15)20-6-2-3-11(9-20)14(16,17)18/h4-5,7,11,19H,2-3,6,8-9H2,1H3. The van der Waals surface area contributed by atoms with Gasteiger partial charge in [-0.15, -0.1) is 0 Å². The fourth-order valence-corrected chi connectivity index (χ4v) is 3.05. The zero-order valence-corrected chi connectivity index (χ0v) is 12.9. The molecule has 0 amide bonds. The van der Waals surface area contributed by atoms with E-state index < -0.39 is 12.1 Å². The number of benzene rings is 1. The molecule has 1 aliphatic heterocycles. The highest BCUT2D eigenvalue weighted by molar-refractivity contribution is 9.10. The Kier molecular flexibility index (Phi) is 4.96. The summed E-state index contributed by atoms with van der Waals surface area (Å²) in [5.41, 5.74) is 1.95. The minimum atomic E-state index is -4.10. The summed E-state index contributed by atoms with van der Waals surface area (Å²) in [6.45, 7) is 1.47. The largest absolute Gasteiger partial charge is 0.393 e. The van der Waals surface area contributed by atoms with Gasteiger partial charge in [-0.1, -0.05) is 22.0 Å². The Bertz CT molecular complexity index is 462. The molecule has 1 heterocycles. The van der Waals surface area contributed by atoms with Crippen molar-refractivity contribution in [2.45, 2.75) is 25.6 Å². The van der Waals surface area contributed by atoms with E-state index in [1.807, 2.05) is 30.1 Å². The third-order valence-corrected chi connectivity index (χ3v) is 4.39. The zero-order chi connectivity index (χ0) is 14.8. The summed E-state index contributed by atoms with van der Waals surface area (Å²) in [7, 11) is 1.86. The number of rotatable bonds is 3. The minimum Gasteiger partial charge on any atom is -0.371 e. The number of hydrogen-bond acceptors (Lipinski definition) is 2. The molecule has 1 saturated heterocycles. The molecule has 1 atom stereocenters. The summed E-state index contributed by atoms with van der Waals surface area (Å²) in [6, 6.07) is 5.76. The lowest BCUT2D eigenvalue weighted by Gasteiger charge is -2.35. The van der Waals surface area contributed by atoms with E-state index in [4.69, 9.17) is 0 Å². The van der Waals surface area contributed by atoms with Gasteiger partial charge < -0.3 is 10.2 Å². The van der Waals surface area contributed by atoms with Gasteiger partial charge in [0.1, 0.15) is 0 Å². The summed E-state index contributed by atoms with van der Waals surface area (Å²) in [4.78, 5) is 1.83. The van der Waals surface area contributed by atoms with Crippen LogP contribution in [0, 0.1) is 5.92 Å². The van der Waals surface area contributed by atoms with Gasteiger partial charge in [0.2, 0.25) is 0 Å². The van der Waals surface area contributed by atoms with Gasteiger partial charge in [0.05, 0.1) is 5.92 Å². The number of halogens is 4. The molecule has 0 radical (unpaired) electrons. The van der Waals surface area contributed by atoms with E-state index in [9.17, 15) is 13.2 Å². The topological polar surface area (TPSA) is 15.3 Å². The molecule has 0 bridgehead atoms. The lowest BCUT2D eigenvalue weighted by molar-refractivity contribution is -0.175. The average molecular weight is 351 g/mol. The molecule has 20 heavy (non-hydrogen) atoms. The zero-order valence-electron chi connectivity index (χ0n) is 11.3. The number of alkyl halides is 3. The summed E-state index contributed by atoms with van der Waals surface area (Å²) in [5.74, 6) is -1.22. The molecule has 2 rings (SSSR count). The number of hydrogen-bond donors (Lipinski definition) is 1. The van der Waals surface area contributed by atoms with Crippen molar-refractivity contribution in [2.24, 2.45) is 5.92 Å². The molecule has 1 fully saturated rings. The third kappa shape index (κ3) is 3.67. The summed E-state index contributed by atoms with van der Waals surface area (Å²) >= 11 is 3.48. The molecule has 1 aliphatic rings. The summed E-state index contributed by atoms with van der Waals surface area (Å²) < 4.78 is 39.4. The Morgan fingerprint density at radius 2 is 2.15 bits per heavy atom. The normalized spacial score (nSPS) is 20.2. The molecule has 6 heteroatoms. The smallest absolute Gasteiger partial charge is 0.371 e. The first-order valence-electron chi connectivity index (χ1n) is 6.66. The van der Waals surface area contributed by atoms with Crippen molar-refractivity contribution in [3.05, 3.63) is 28.2 Å². The molecule has 1 unspecified atom stereocenters. The highest BCUT2D eigenvalue weighted by Gasteiger charge is 2.41. The number of piperidine rings is 1. The maximum Gasteiger partial charge on any atom is 0.393 e. The van der Waals surface area contributed by atoms with Gasteiger partial charge in [0.15, 0.2) is 0 Å². The molecular formula is C14H18BrF3N2. The van der Waals surface area contributed by atoms with Gasteiger partial charge in [-0.05, 0) is 37.6 Å². The molecule has 0 saturated carbocycles. The Morgan fingerprint density at radius 3 is 2.75 bits per heavy atom. The minimum absolute atomic E-state index is 0.0569. The van der Waals surface area contributed by atoms with Crippen LogP contribution in [-0.4, -0.2) is 26.3 Å². The predicted octanol–water partition coefficient (Wildman–Crippen LogP) is 3.95. The fraction of sp³-hybridized carbons (Fsp3) is 0.571. The Labute approximate surface area is 125 Å². The van der Waals surface area contributed by atoms with E-state index in [-0.39, 0.29) is 13.0 Å². The maximum absolute atomic E-state index is 12.8. The van der Waals surface area contributed by atoms with Crippen molar-refractivity contribution in [3.63, 3.8) is 0 Å². The van der Waals surface area contributed by atoms with E-state index in [1.165, 1.54) is 0 Å². The van der Waals surface area contributed by atoms with Gasteiger partial charge in [-0.3, -0.25) is 0 Å². The number of nitrogens with one attached hydrogen (secondary N) is 1. The van der Waals surface area contributed by atoms with Crippen molar-refractivity contribution in [1.82, 2.24) is 5.32 Å². The Morgan fingerprint density at radius 1 is 1.40 bits per heavy atom. The van der Waals surface area contributed by atoms with Crippen LogP contribution in [0.3, 0.4) is 0 Å². The van der Waals surface area contributed by atoms with Crippen molar-refractivity contribution in [3.8, 4) is 0 Å². The van der Waals surface area contributed by atoms with Gasteiger partial charge >= 0.3 is 6.18 Å². The third-order valence-electron chi connectivity index (χ3n) is 3.65. The second-order valence-electron chi connectivity index (χ2n) is 5.13. The van der Waals surface area contributed by atoms with Crippen LogP contribution < -0.4 is 10.2 Å². The predicted molar refractivity (Wildman–Crippen MR) is 77.9 cm³/mol. The quantitative estimate of drug-likeness (QED) is 0.887. The van der Waals surface area contributed by atoms with Crippen LogP contribution in [0.5, 0.6) is 0 Å². The summed E-state index contributed by atoms with van der Waals surface area (Å²) in [6.07, 6.45) is -3.28. The van der Waals surface area contributed by atoms with E-state index in [0.29, 0.717) is 13.0 Å². The van der Waals surface area contributed by atoms with Crippen LogP contribution in [0.4, 0.5) is 18.9 Å². The van der Waals surface area contributed by atoms with Crippen LogP contribution in [0.25, 0.3) is 0 Å². The molecule has 0 aromatic heterocycles. The molecule has 0 spiro atoms. The average Bonchev–Trinajstić information content (AvgIpc) is 2.40. The van der Waals surface area contributed by atoms with E-state index in [1.54, 1.807) is 0 Å². The van der Waals surface area contributed by atoms with E-state index >= 15 is 0 Å². The molecule has 1 aromatic rings.